The van der Waals surface area contributed by atoms with Crippen LogP contribution >= 0.6 is 23.1 Å². The van der Waals surface area contributed by atoms with Crippen LogP contribution in [0.25, 0.3) is 5.70 Å². The van der Waals surface area contributed by atoms with E-state index in [0.29, 0.717) is 35.1 Å². The molecule has 0 bridgehead atoms. The molecule has 22 heteroatoms. The summed E-state index contributed by atoms with van der Waals surface area (Å²) in [4.78, 5) is 62.5. The predicted octanol–water partition coefficient (Wildman–Crippen LogP) is 0.224. The van der Waals surface area contributed by atoms with Crippen molar-refractivity contribution in [1.29, 1.82) is 0 Å². The number of amides is 3. The minimum absolute atomic E-state index is 0.0398. The van der Waals surface area contributed by atoms with Crippen molar-refractivity contribution in [2.75, 3.05) is 44.2 Å². The van der Waals surface area contributed by atoms with E-state index < -0.39 is 63.6 Å². The van der Waals surface area contributed by atoms with Crippen molar-refractivity contribution in [1.82, 2.24) is 41.1 Å². The number of fused-ring (bicyclic) bond motifs is 1. The number of tetrazole rings is 1. The molecule has 3 aromatic rings. The first-order valence-corrected chi connectivity index (χ1v) is 17.9. The van der Waals surface area contributed by atoms with Gasteiger partial charge in [-0.2, -0.15) is 5.21 Å². The van der Waals surface area contributed by atoms with E-state index in [2.05, 4.69) is 41.4 Å². The zero-order valence-electron chi connectivity index (χ0n) is 27.8. The fraction of sp³-hybridized carbons (Fsp3) is 0.433. The molecule has 19 nitrogen and oxygen atoms in total. The van der Waals surface area contributed by atoms with Crippen LogP contribution in [0.3, 0.4) is 0 Å². The number of thioether (sulfide) groups is 1. The molecule has 0 radical (unpaired) electrons. The zero-order valence-corrected chi connectivity index (χ0v) is 29.5. The molecule has 0 unspecified atom stereocenters. The Bertz CT molecular complexity index is 1960. The van der Waals surface area contributed by atoms with Gasteiger partial charge in [0, 0.05) is 35.6 Å². The van der Waals surface area contributed by atoms with Crippen LogP contribution in [0, 0.1) is 5.82 Å². The molecule has 0 saturated carbocycles. The number of benzene rings is 1. The summed E-state index contributed by atoms with van der Waals surface area (Å²) < 4.78 is 14.9. The largest absolute Gasteiger partial charge is 0.504 e. The summed E-state index contributed by atoms with van der Waals surface area (Å²) in [5.74, 6) is -4.96. The molecular weight excluding hydrogens is 726 g/mol. The Morgan fingerprint density at radius 3 is 2.62 bits per heavy atom. The third-order valence-electron chi connectivity index (χ3n) is 8.97. The second-order valence-corrected chi connectivity index (χ2v) is 14.9. The van der Waals surface area contributed by atoms with Crippen LogP contribution < -0.4 is 16.4 Å². The highest BCUT2D eigenvalue weighted by Crippen LogP contribution is 2.44. The third-order valence-corrected chi connectivity index (χ3v) is 11.0. The van der Waals surface area contributed by atoms with Gasteiger partial charge in [0.25, 0.3) is 17.7 Å². The van der Waals surface area contributed by atoms with Gasteiger partial charge < -0.3 is 41.0 Å². The third kappa shape index (κ3) is 7.21. The fourth-order valence-corrected chi connectivity index (χ4v) is 8.07. The Kier molecular flexibility index (Phi) is 10.1. The van der Waals surface area contributed by atoms with Crippen molar-refractivity contribution in [3.63, 3.8) is 0 Å². The lowest BCUT2D eigenvalue weighted by molar-refractivity contribution is -0.911. The number of H-pyrrole nitrogens is 1. The Morgan fingerprint density at radius 2 is 1.96 bits per heavy atom. The maximum Gasteiger partial charge on any atom is 0.350 e. The van der Waals surface area contributed by atoms with E-state index in [1.807, 2.05) is 0 Å². The summed E-state index contributed by atoms with van der Waals surface area (Å²) in [7, 11) is 0. The van der Waals surface area contributed by atoms with Crippen LogP contribution in [0.1, 0.15) is 48.6 Å². The molecule has 0 spiro atoms. The monoisotopic (exact) mass is 760 g/mol. The highest BCUT2D eigenvalue weighted by atomic mass is 32.2. The van der Waals surface area contributed by atoms with Crippen LogP contribution in [0.15, 0.2) is 28.2 Å². The van der Waals surface area contributed by atoms with Crippen molar-refractivity contribution in [2.45, 2.75) is 43.7 Å². The van der Waals surface area contributed by atoms with E-state index in [9.17, 15) is 38.9 Å². The number of thiazole rings is 1. The van der Waals surface area contributed by atoms with Crippen LogP contribution in [-0.4, -0.2) is 135 Å². The first-order valence-electron chi connectivity index (χ1n) is 16.0. The number of nitrogens with zero attached hydrogens (tertiary/aromatic N) is 7. The van der Waals surface area contributed by atoms with Gasteiger partial charge in [0.2, 0.25) is 11.4 Å². The van der Waals surface area contributed by atoms with E-state index in [4.69, 9.17) is 10.6 Å². The van der Waals surface area contributed by atoms with Gasteiger partial charge in [-0.15, -0.1) is 33.3 Å². The average molecular weight is 761 g/mol. The van der Waals surface area contributed by atoms with E-state index >= 15 is 0 Å². The normalized spacial score (nSPS) is 19.9. The summed E-state index contributed by atoms with van der Waals surface area (Å²) in [5, 5.41) is 53.4. The highest BCUT2D eigenvalue weighted by Gasteiger charge is 2.55. The quantitative estimate of drug-likeness (QED) is 0.0404. The number of carboxylic acid groups (broad SMARTS) is 1. The number of phenols is 2. The molecule has 5 heterocycles. The lowest BCUT2D eigenvalue weighted by atomic mass is 10.0. The van der Waals surface area contributed by atoms with Crippen LogP contribution in [0.4, 0.5) is 9.52 Å². The van der Waals surface area contributed by atoms with Gasteiger partial charge in [0.15, 0.2) is 22.3 Å². The molecule has 3 aliphatic rings. The summed E-state index contributed by atoms with van der Waals surface area (Å²) in [6.45, 7) is 5.21. The number of nitrogen functional groups attached to an aromatic ring is 1. The second-order valence-electron chi connectivity index (χ2n) is 12.9. The number of quaternary nitrogens is 1. The summed E-state index contributed by atoms with van der Waals surface area (Å²) >= 11 is 2.46. The van der Waals surface area contributed by atoms with Crippen LogP contribution in [0.5, 0.6) is 11.5 Å². The first kappa shape index (κ1) is 36.4. The van der Waals surface area contributed by atoms with Crippen molar-refractivity contribution in [2.24, 2.45) is 5.16 Å². The summed E-state index contributed by atoms with van der Waals surface area (Å²) in [6.07, 6.45) is 1.85. The van der Waals surface area contributed by atoms with Crippen LogP contribution in [-0.2, 0) is 19.2 Å². The van der Waals surface area contributed by atoms with Gasteiger partial charge in [-0.25, -0.2) is 14.2 Å². The number of carbonyl (C=O) groups is 4. The number of hydrogen-bond acceptors (Lipinski definition) is 15. The number of likely N-dealkylation sites (tertiary alicyclic amines) is 1. The summed E-state index contributed by atoms with van der Waals surface area (Å²) in [6, 6.07) is 0.542. The number of nitrogens with two attached hydrogens (primary N) is 1. The van der Waals surface area contributed by atoms with Crippen molar-refractivity contribution in [3.8, 4) is 11.5 Å². The number of β-lactam (4-membered cyclic amide) rings is 1. The molecule has 2 fully saturated rings. The number of carbonyl (C=O) groups excluding carboxylic acids is 3. The molecule has 2 aromatic heterocycles. The maximum absolute atomic E-state index is 14.3. The SMILES string of the molecule is CC(C)(O/N=C(\C(=O)N[C@@H]1C(=O)N2C(c3nn[nH]n3)=C(C[N+]3(CCNC(=O)c4cc(O)c(O)cc4F)CCCC3)CS[C@H]12)c1csc(N)n1)C(=O)O. The molecular formula is C30H35FN11O8S2+. The molecule has 276 valence electrons. The molecule has 52 heavy (non-hydrogen) atoms. The lowest BCUT2D eigenvalue weighted by Crippen LogP contribution is -2.70. The number of carboxylic acids is 1. The van der Waals surface area contributed by atoms with Gasteiger partial charge in [-0.05, 0) is 25.1 Å². The number of oxime groups is 1. The molecule has 0 aliphatic carbocycles. The molecule has 3 aliphatic heterocycles. The molecule has 8 N–H and O–H groups in total. The fourth-order valence-electron chi connectivity index (χ4n) is 6.19. The van der Waals surface area contributed by atoms with E-state index in [1.165, 1.54) is 35.9 Å². The first-order chi connectivity index (χ1) is 24.7. The minimum Gasteiger partial charge on any atom is -0.504 e. The Balaban J connectivity index is 1.19. The standard InChI is InChI=1S/C30H34FN11O8S2/c1-30(2,28(48)49)50-38-20(17-13-52-29(32)34-17)25(46)35-21-26(47)41-22(23-36-39-40-37-23)14(12-51-27(21)41)11-42(6-3-4-7-42)8-5-33-24(45)15-9-18(43)19(44)10-16(15)31/h9-10,13,21,27H,3-8,11-12H2,1-2H3,(H7-,32,33,34,35,36,37,38,39,40,43,44,45,46,48,49)/p+1/t21-,27-/m1/s1. The van der Waals surface area contributed by atoms with Crippen molar-refractivity contribution in [3.05, 3.63) is 46.0 Å². The number of aliphatic carboxylic acids is 1. The van der Waals surface area contributed by atoms with E-state index in [0.717, 1.165) is 48.9 Å². The predicted molar refractivity (Wildman–Crippen MR) is 183 cm³/mol. The Morgan fingerprint density at radius 1 is 1.23 bits per heavy atom. The summed E-state index contributed by atoms with van der Waals surface area (Å²) in [5.41, 5.74) is 4.58. The number of nitrogens with one attached hydrogen (secondary N) is 3. The number of hydrogen-bond donors (Lipinski definition) is 7. The number of aromatic nitrogens is 5. The number of aromatic hydroxyl groups is 2. The van der Waals surface area contributed by atoms with Crippen molar-refractivity contribution >= 4 is 63.3 Å². The van der Waals surface area contributed by atoms with Crippen LogP contribution in [0.2, 0.25) is 0 Å². The smallest absolute Gasteiger partial charge is 0.350 e. The Labute approximate surface area is 302 Å². The number of anilines is 1. The number of rotatable bonds is 13. The van der Waals surface area contributed by atoms with Gasteiger partial charge in [-0.1, -0.05) is 5.16 Å². The number of phenolic OH excluding ortho intramolecular Hbond substituents is 2. The molecule has 2 atom stereocenters. The second kappa shape index (κ2) is 14.3. The minimum atomic E-state index is -1.77. The molecule has 6 rings (SSSR count). The molecule has 3 amide bonds. The number of aromatic amines is 1. The zero-order chi connectivity index (χ0) is 37.4. The van der Waals surface area contributed by atoms with Crippen molar-refractivity contribution < 1.29 is 48.2 Å². The van der Waals surface area contributed by atoms with Gasteiger partial charge >= 0.3 is 5.97 Å². The molecule has 2 saturated heterocycles. The molecule has 1 aromatic carbocycles. The van der Waals surface area contributed by atoms with Gasteiger partial charge in [-0.3, -0.25) is 19.3 Å². The Hall–Kier alpha value is -5.35. The lowest BCUT2D eigenvalue weighted by Gasteiger charge is -2.50. The average Bonchev–Trinajstić information content (AvgIpc) is 3.89. The van der Waals surface area contributed by atoms with Gasteiger partial charge in [0.1, 0.15) is 29.5 Å². The van der Waals surface area contributed by atoms with E-state index in [1.54, 1.807) is 0 Å². The van der Waals surface area contributed by atoms with E-state index in [-0.39, 0.29) is 28.9 Å². The highest BCUT2D eigenvalue weighted by molar-refractivity contribution is 8.00. The maximum atomic E-state index is 14.3. The topological polar surface area (TPSA) is 271 Å². The van der Waals surface area contributed by atoms with Gasteiger partial charge in [0.05, 0.1) is 37.4 Å². The number of halogens is 1.